The number of ether oxygens (including phenoxy) is 1. The van der Waals surface area contributed by atoms with Gasteiger partial charge in [-0.25, -0.2) is 4.79 Å². The van der Waals surface area contributed by atoms with E-state index in [4.69, 9.17) is 10.00 Å². The van der Waals surface area contributed by atoms with Crippen molar-refractivity contribution in [1.82, 2.24) is 10.2 Å². The van der Waals surface area contributed by atoms with Crippen LogP contribution in [0.5, 0.6) is 5.75 Å². The highest BCUT2D eigenvalue weighted by molar-refractivity contribution is 6.07. The first-order valence-electron chi connectivity index (χ1n) is 8.37. The standard InChI is InChI=1S/C19H16N4O5/c1-19(14-5-7-15(8-6-14)23(26)27)17(24)22(18(25)21-19)9-10-28-16-4-2-3-13(11-16)12-20/h2-8,11H,9-10H2,1H3,(H,21,25)/t19-/m0/s1. The van der Waals surface area contributed by atoms with Gasteiger partial charge in [-0.1, -0.05) is 6.07 Å². The number of nitrogens with one attached hydrogen (secondary N) is 1. The number of benzene rings is 2. The van der Waals surface area contributed by atoms with Gasteiger partial charge in [0.05, 0.1) is 23.1 Å². The Bertz CT molecular complexity index is 983. The molecular formula is C19H16N4O5. The molecule has 2 aromatic rings. The fraction of sp³-hybridized carbons (Fsp3) is 0.211. The largest absolute Gasteiger partial charge is 0.492 e. The molecule has 28 heavy (non-hydrogen) atoms. The van der Waals surface area contributed by atoms with E-state index in [0.717, 1.165) is 4.90 Å². The van der Waals surface area contributed by atoms with Crippen LogP contribution in [0.25, 0.3) is 0 Å². The second-order valence-corrected chi connectivity index (χ2v) is 6.30. The SMILES string of the molecule is C[C@@]1(c2ccc([N+](=O)[O-])cc2)NC(=O)N(CCOc2cccc(C#N)c2)C1=O. The predicted molar refractivity (Wildman–Crippen MR) is 97.3 cm³/mol. The summed E-state index contributed by atoms with van der Waals surface area (Å²) >= 11 is 0. The van der Waals surface area contributed by atoms with Crippen molar-refractivity contribution in [2.24, 2.45) is 0 Å². The summed E-state index contributed by atoms with van der Waals surface area (Å²) in [5.74, 6) is -0.00929. The van der Waals surface area contributed by atoms with Crippen LogP contribution < -0.4 is 10.1 Å². The van der Waals surface area contributed by atoms with E-state index in [9.17, 15) is 19.7 Å². The van der Waals surface area contributed by atoms with Crippen molar-refractivity contribution in [2.75, 3.05) is 13.2 Å². The Kier molecular flexibility index (Phi) is 4.96. The molecule has 9 heteroatoms. The third-order valence-electron chi connectivity index (χ3n) is 4.48. The first-order chi connectivity index (χ1) is 13.3. The summed E-state index contributed by atoms with van der Waals surface area (Å²) in [4.78, 5) is 36.4. The average molecular weight is 380 g/mol. The lowest BCUT2D eigenvalue weighted by Gasteiger charge is -2.22. The Morgan fingerprint density at radius 2 is 1.96 bits per heavy atom. The number of nitro benzene ring substituents is 1. The fourth-order valence-electron chi connectivity index (χ4n) is 2.92. The number of hydrogen-bond donors (Lipinski definition) is 1. The Hall–Kier alpha value is -3.93. The van der Waals surface area contributed by atoms with Gasteiger partial charge in [0.15, 0.2) is 0 Å². The number of amides is 3. The minimum Gasteiger partial charge on any atom is -0.492 e. The first-order valence-corrected chi connectivity index (χ1v) is 8.37. The number of carbonyl (C=O) groups is 2. The number of nitro groups is 1. The number of urea groups is 1. The van der Waals surface area contributed by atoms with Gasteiger partial charge in [0.2, 0.25) is 0 Å². The topological polar surface area (TPSA) is 126 Å². The second kappa shape index (κ2) is 7.36. The fourth-order valence-corrected chi connectivity index (χ4v) is 2.92. The van der Waals surface area contributed by atoms with Gasteiger partial charge in [-0.2, -0.15) is 5.26 Å². The van der Waals surface area contributed by atoms with E-state index in [2.05, 4.69) is 5.32 Å². The van der Waals surface area contributed by atoms with Crippen LogP contribution in [0, 0.1) is 21.4 Å². The third-order valence-corrected chi connectivity index (χ3v) is 4.48. The summed E-state index contributed by atoms with van der Waals surface area (Å²) < 4.78 is 5.52. The van der Waals surface area contributed by atoms with E-state index in [1.54, 1.807) is 31.2 Å². The number of carbonyl (C=O) groups excluding carboxylic acids is 2. The Morgan fingerprint density at radius 1 is 1.25 bits per heavy atom. The van der Waals surface area contributed by atoms with Crippen LogP contribution in [0.1, 0.15) is 18.1 Å². The molecule has 1 saturated heterocycles. The molecule has 9 nitrogen and oxygen atoms in total. The molecule has 0 spiro atoms. The molecule has 0 saturated carbocycles. The van der Waals surface area contributed by atoms with Crippen LogP contribution in [0.3, 0.4) is 0 Å². The van der Waals surface area contributed by atoms with Crippen molar-refractivity contribution in [1.29, 1.82) is 5.26 Å². The molecule has 1 atom stereocenters. The van der Waals surface area contributed by atoms with Gasteiger partial charge in [-0.15, -0.1) is 0 Å². The van der Waals surface area contributed by atoms with E-state index < -0.39 is 22.4 Å². The lowest BCUT2D eigenvalue weighted by molar-refractivity contribution is -0.384. The molecule has 0 radical (unpaired) electrons. The van der Waals surface area contributed by atoms with Crippen LogP contribution in [0.4, 0.5) is 10.5 Å². The normalized spacial score (nSPS) is 18.5. The monoisotopic (exact) mass is 380 g/mol. The molecule has 1 N–H and O–H groups in total. The average Bonchev–Trinajstić information content (AvgIpc) is 2.92. The minimum absolute atomic E-state index is 0.0179. The highest BCUT2D eigenvalue weighted by atomic mass is 16.6. The summed E-state index contributed by atoms with van der Waals surface area (Å²) in [7, 11) is 0. The van der Waals surface area contributed by atoms with E-state index in [1.165, 1.54) is 24.3 Å². The Labute approximate surface area is 160 Å². The maximum Gasteiger partial charge on any atom is 0.325 e. The van der Waals surface area contributed by atoms with E-state index in [1.807, 2.05) is 6.07 Å². The summed E-state index contributed by atoms with van der Waals surface area (Å²) in [6.45, 7) is 1.63. The molecule has 3 rings (SSSR count). The molecule has 1 aliphatic heterocycles. The van der Waals surface area contributed by atoms with E-state index in [-0.39, 0.29) is 18.8 Å². The molecule has 2 aromatic carbocycles. The van der Waals surface area contributed by atoms with Crippen molar-refractivity contribution in [3.8, 4) is 11.8 Å². The van der Waals surface area contributed by atoms with Crippen molar-refractivity contribution in [3.05, 3.63) is 69.8 Å². The predicted octanol–water partition coefficient (Wildman–Crippen LogP) is 2.31. The molecule has 0 bridgehead atoms. The van der Waals surface area contributed by atoms with E-state index >= 15 is 0 Å². The molecule has 142 valence electrons. The summed E-state index contributed by atoms with van der Waals surface area (Å²) in [5.41, 5.74) is -0.527. The molecule has 1 heterocycles. The molecule has 0 aliphatic carbocycles. The molecule has 0 unspecified atom stereocenters. The first kappa shape index (κ1) is 18.8. The van der Waals surface area contributed by atoms with Crippen LogP contribution in [-0.4, -0.2) is 34.9 Å². The molecule has 3 amide bonds. The highest BCUT2D eigenvalue weighted by Gasteiger charge is 2.48. The zero-order valence-electron chi connectivity index (χ0n) is 14.9. The maximum atomic E-state index is 12.8. The summed E-state index contributed by atoms with van der Waals surface area (Å²) in [6, 6.07) is 13.4. The van der Waals surface area contributed by atoms with Gasteiger partial charge in [0.25, 0.3) is 11.6 Å². The molecular weight excluding hydrogens is 364 g/mol. The lowest BCUT2D eigenvalue weighted by Crippen LogP contribution is -2.41. The number of nitrogens with zero attached hydrogens (tertiary/aromatic N) is 3. The van der Waals surface area contributed by atoms with Gasteiger partial charge in [0, 0.05) is 12.1 Å². The summed E-state index contributed by atoms with van der Waals surface area (Å²) in [5, 5.41) is 22.3. The zero-order chi connectivity index (χ0) is 20.3. The smallest absolute Gasteiger partial charge is 0.325 e. The quantitative estimate of drug-likeness (QED) is 0.466. The van der Waals surface area contributed by atoms with Crippen molar-refractivity contribution >= 4 is 17.6 Å². The van der Waals surface area contributed by atoms with Crippen molar-refractivity contribution in [3.63, 3.8) is 0 Å². The zero-order valence-corrected chi connectivity index (χ0v) is 14.9. The van der Waals surface area contributed by atoms with Crippen molar-refractivity contribution < 1.29 is 19.2 Å². The molecule has 1 aliphatic rings. The van der Waals surface area contributed by atoms with E-state index in [0.29, 0.717) is 16.9 Å². The van der Waals surface area contributed by atoms with Crippen LogP contribution in [0.15, 0.2) is 48.5 Å². The number of non-ortho nitro benzene ring substituents is 1. The van der Waals surface area contributed by atoms with Crippen LogP contribution in [0.2, 0.25) is 0 Å². The number of imide groups is 1. The summed E-state index contributed by atoms with van der Waals surface area (Å²) in [6.07, 6.45) is 0. The molecule has 1 fully saturated rings. The van der Waals surface area contributed by atoms with Crippen LogP contribution >= 0.6 is 0 Å². The Balaban J connectivity index is 1.68. The van der Waals surface area contributed by atoms with Gasteiger partial charge >= 0.3 is 6.03 Å². The molecule has 0 aromatic heterocycles. The van der Waals surface area contributed by atoms with Crippen molar-refractivity contribution in [2.45, 2.75) is 12.5 Å². The number of hydrogen-bond acceptors (Lipinski definition) is 6. The number of rotatable bonds is 6. The van der Waals surface area contributed by atoms with Gasteiger partial charge < -0.3 is 10.1 Å². The maximum absolute atomic E-state index is 12.8. The second-order valence-electron chi connectivity index (χ2n) is 6.30. The van der Waals surface area contributed by atoms with Crippen LogP contribution in [-0.2, 0) is 10.3 Å². The van der Waals surface area contributed by atoms with Gasteiger partial charge in [0.1, 0.15) is 17.9 Å². The van der Waals surface area contributed by atoms with Gasteiger partial charge in [-0.3, -0.25) is 19.8 Å². The third kappa shape index (κ3) is 3.48. The van der Waals surface area contributed by atoms with Gasteiger partial charge in [-0.05, 0) is 42.8 Å². The highest BCUT2D eigenvalue weighted by Crippen LogP contribution is 2.30. The Morgan fingerprint density at radius 3 is 2.61 bits per heavy atom. The minimum atomic E-state index is -1.31. The lowest BCUT2D eigenvalue weighted by atomic mass is 9.92. The number of nitriles is 1.